The fourth-order valence-corrected chi connectivity index (χ4v) is 6.68. The van der Waals surface area contributed by atoms with Gasteiger partial charge in [0.1, 0.15) is 11.5 Å². The minimum absolute atomic E-state index is 0.363. The normalized spacial score (nSPS) is 15.7. The highest BCUT2D eigenvalue weighted by Crippen LogP contribution is 2.57. The van der Waals surface area contributed by atoms with Crippen molar-refractivity contribution < 1.29 is 14.3 Å². The molecular weight excluding hydrogens is 592 g/mol. The fourth-order valence-electron chi connectivity index (χ4n) is 6.50. The van der Waals surface area contributed by atoms with Gasteiger partial charge in [0.25, 0.3) is 0 Å². The number of halogens is 1. The molecule has 6 aromatic rings. The van der Waals surface area contributed by atoms with E-state index >= 15 is 0 Å². The number of nitrogens with zero attached hydrogens (tertiary/aromatic N) is 1. The van der Waals surface area contributed by atoms with Gasteiger partial charge < -0.3 is 19.7 Å². The number of carbonyl (C=O) groups is 1. The van der Waals surface area contributed by atoms with E-state index in [0.29, 0.717) is 35.2 Å². The van der Waals surface area contributed by atoms with Crippen LogP contribution in [0.3, 0.4) is 0 Å². The maximum atomic E-state index is 13.5. The molecule has 0 bridgehead atoms. The van der Waals surface area contributed by atoms with Gasteiger partial charge >= 0.3 is 5.97 Å². The first-order valence-corrected chi connectivity index (χ1v) is 15.6. The summed E-state index contributed by atoms with van der Waals surface area (Å²) < 4.78 is 13.1. The molecule has 224 valence electrons. The number of nitrogens with one attached hydrogen (secondary N) is 1. The first kappa shape index (κ1) is 28.0. The summed E-state index contributed by atoms with van der Waals surface area (Å²) in [5, 5.41) is 4.03. The number of rotatable bonds is 7. The molecule has 0 aromatic heterocycles. The molecule has 0 radical (unpaired) electrons. The topological polar surface area (TPSA) is 50.8 Å². The highest BCUT2D eigenvalue weighted by molar-refractivity contribution is 6.33. The Bertz CT molecular complexity index is 2040. The van der Waals surface area contributed by atoms with Crippen molar-refractivity contribution in [1.29, 1.82) is 0 Å². The Morgan fingerprint density at radius 3 is 2.04 bits per heavy atom. The number of benzene rings is 6. The molecule has 1 unspecified atom stereocenters. The molecule has 1 spiro atoms. The van der Waals surface area contributed by atoms with Crippen molar-refractivity contribution in [3.8, 4) is 11.5 Å². The highest BCUT2D eigenvalue weighted by atomic mass is 35.5. The van der Waals surface area contributed by atoms with E-state index in [2.05, 4.69) is 70.9 Å². The third-order valence-electron chi connectivity index (χ3n) is 8.65. The van der Waals surface area contributed by atoms with Crippen molar-refractivity contribution in [2.75, 3.05) is 10.2 Å². The molecule has 2 aliphatic heterocycles. The minimum atomic E-state index is -1.18. The lowest BCUT2D eigenvalue weighted by atomic mass is 9.77. The van der Waals surface area contributed by atoms with Crippen molar-refractivity contribution >= 4 is 34.6 Å². The molecule has 5 nitrogen and oxygen atoms in total. The van der Waals surface area contributed by atoms with Crippen LogP contribution < -0.4 is 15.0 Å². The van der Waals surface area contributed by atoms with E-state index in [0.717, 1.165) is 33.8 Å². The van der Waals surface area contributed by atoms with Crippen LogP contribution in [0.25, 0.3) is 0 Å². The van der Waals surface area contributed by atoms with Crippen LogP contribution in [0.2, 0.25) is 5.02 Å². The first-order valence-electron chi connectivity index (χ1n) is 15.2. The number of hydrogen-bond acceptors (Lipinski definition) is 5. The van der Waals surface area contributed by atoms with E-state index in [1.807, 2.05) is 84.9 Å². The SMILES string of the molecule is O=C1OC2(c3ccc(N(Cc4ccccc4)Cc4ccccc4)cc3Oc3ccc(Nc4ccccc4Cl)cc32)c2ccccc21. The van der Waals surface area contributed by atoms with Crippen LogP contribution in [0.5, 0.6) is 11.5 Å². The Morgan fingerprint density at radius 2 is 1.30 bits per heavy atom. The van der Waals surface area contributed by atoms with Crippen molar-refractivity contribution in [3.05, 3.63) is 184 Å². The summed E-state index contributed by atoms with van der Waals surface area (Å²) >= 11 is 6.47. The van der Waals surface area contributed by atoms with Gasteiger partial charge in [0.2, 0.25) is 0 Å². The molecule has 2 aliphatic rings. The summed E-state index contributed by atoms with van der Waals surface area (Å²) in [4.78, 5) is 15.8. The Hall–Kier alpha value is -5.52. The van der Waals surface area contributed by atoms with Gasteiger partial charge in [0, 0.05) is 47.2 Å². The quantitative estimate of drug-likeness (QED) is 0.180. The minimum Gasteiger partial charge on any atom is -0.456 e. The summed E-state index contributed by atoms with van der Waals surface area (Å²) in [6.45, 7) is 1.43. The molecule has 8 rings (SSSR count). The number of fused-ring (bicyclic) bond motifs is 6. The van der Waals surface area contributed by atoms with E-state index < -0.39 is 5.60 Å². The zero-order chi connectivity index (χ0) is 31.1. The zero-order valence-electron chi connectivity index (χ0n) is 24.8. The zero-order valence-corrected chi connectivity index (χ0v) is 25.6. The maximum absolute atomic E-state index is 13.5. The first-order chi connectivity index (χ1) is 22.6. The van der Waals surface area contributed by atoms with E-state index in [-0.39, 0.29) is 5.97 Å². The average molecular weight is 621 g/mol. The van der Waals surface area contributed by atoms with Crippen LogP contribution in [-0.4, -0.2) is 5.97 Å². The molecule has 0 saturated carbocycles. The van der Waals surface area contributed by atoms with Crippen LogP contribution in [-0.2, 0) is 23.4 Å². The predicted molar refractivity (Wildman–Crippen MR) is 182 cm³/mol. The van der Waals surface area contributed by atoms with Gasteiger partial charge in [-0.2, -0.15) is 0 Å². The molecule has 6 aromatic carbocycles. The second-order valence-electron chi connectivity index (χ2n) is 11.5. The van der Waals surface area contributed by atoms with E-state index in [9.17, 15) is 4.79 Å². The third-order valence-corrected chi connectivity index (χ3v) is 8.98. The molecule has 2 heterocycles. The van der Waals surface area contributed by atoms with E-state index in [1.54, 1.807) is 0 Å². The van der Waals surface area contributed by atoms with Gasteiger partial charge in [-0.25, -0.2) is 4.79 Å². The van der Waals surface area contributed by atoms with Gasteiger partial charge in [0.15, 0.2) is 5.60 Å². The number of para-hydroxylation sites is 1. The summed E-state index contributed by atoms with van der Waals surface area (Å²) in [6, 6.07) is 48.1. The van der Waals surface area contributed by atoms with Gasteiger partial charge in [-0.15, -0.1) is 0 Å². The fraction of sp³-hybridized carbons (Fsp3) is 0.0750. The number of hydrogen-bond donors (Lipinski definition) is 1. The largest absolute Gasteiger partial charge is 0.456 e. The smallest absolute Gasteiger partial charge is 0.340 e. The second kappa shape index (κ2) is 11.4. The van der Waals surface area contributed by atoms with Gasteiger partial charge in [-0.1, -0.05) is 103 Å². The lowest BCUT2D eigenvalue weighted by molar-refractivity contribution is 0.0224. The molecule has 0 saturated heterocycles. The highest BCUT2D eigenvalue weighted by Gasteiger charge is 2.53. The van der Waals surface area contributed by atoms with Gasteiger partial charge in [-0.3, -0.25) is 0 Å². The molecular formula is C40H29ClN2O3. The Labute approximate surface area is 272 Å². The summed E-state index contributed by atoms with van der Waals surface area (Å²) in [7, 11) is 0. The molecule has 46 heavy (non-hydrogen) atoms. The van der Waals surface area contributed by atoms with Crippen molar-refractivity contribution in [2.45, 2.75) is 18.7 Å². The Kier molecular flexibility index (Phi) is 6.96. The van der Waals surface area contributed by atoms with E-state index in [1.165, 1.54) is 11.1 Å². The Morgan fingerprint density at radius 1 is 0.630 bits per heavy atom. The molecule has 0 amide bonds. The third kappa shape index (κ3) is 4.86. The van der Waals surface area contributed by atoms with Crippen LogP contribution in [0.1, 0.15) is 38.2 Å². The number of carbonyl (C=O) groups excluding carboxylic acids is 1. The molecule has 6 heteroatoms. The van der Waals surface area contributed by atoms with Crippen LogP contribution in [0, 0.1) is 0 Å². The maximum Gasteiger partial charge on any atom is 0.340 e. The number of ether oxygens (including phenoxy) is 2. The average Bonchev–Trinajstić information content (AvgIpc) is 3.39. The van der Waals surface area contributed by atoms with Crippen molar-refractivity contribution in [2.24, 2.45) is 0 Å². The number of anilines is 3. The standard InChI is InChI=1S/C40H29ClN2O3/c41-35-17-9-10-18-36(35)42-29-19-22-37-34(23-29)40(32-16-8-7-15-31(32)39(44)46-40)33-21-20-30(24-38(33)45-37)43(25-27-11-3-1-4-12-27)26-28-13-5-2-6-14-28/h1-24,42H,25-26H2. The van der Waals surface area contributed by atoms with Gasteiger partial charge in [-0.05, 0) is 59.7 Å². The Balaban J connectivity index is 1.25. The summed E-state index contributed by atoms with van der Waals surface area (Å²) in [5.41, 5.74) is 6.66. The van der Waals surface area contributed by atoms with Crippen LogP contribution in [0.15, 0.2) is 146 Å². The number of esters is 1. The molecule has 1 atom stereocenters. The monoisotopic (exact) mass is 620 g/mol. The molecule has 1 N–H and O–H groups in total. The second-order valence-corrected chi connectivity index (χ2v) is 11.9. The van der Waals surface area contributed by atoms with Crippen LogP contribution >= 0.6 is 11.6 Å². The predicted octanol–water partition coefficient (Wildman–Crippen LogP) is 9.86. The summed E-state index contributed by atoms with van der Waals surface area (Å²) in [6.07, 6.45) is 0. The van der Waals surface area contributed by atoms with Crippen molar-refractivity contribution in [3.63, 3.8) is 0 Å². The van der Waals surface area contributed by atoms with Gasteiger partial charge in [0.05, 0.1) is 16.3 Å². The van der Waals surface area contributed by atoms with Crippen molar-refractivity contribution in [1.82, 2.24) is 0 Å². The van der Waals surface area contributed by atoms with Crippen LogP contribution in [0.4, 0.5) is 17.1 Å². The van der Waals surface area contributed by atoms with E-state index in [4.69, 9.17) is 21.1 Å². The lowest BCUT2D eigenvalue weighted by Gasteiger charge is -2.37. The lowest BCUT2D eigenvalue weighted by Crippen LogP contribution is -2.33. The summed E-state index contributed by atoms with van der Waals surface area (Å²) in [5.74, 6) is 0.904. The molecule has 0 fully saturated rings. The molecule has 0 aliphatic carbocycles.